The predicted octanol–water partition coefficient (Wildman–Crippen LogP) is 3.69. The van der Waals surface area contributed by atoms with Crippen molar-refractivity contribution < 1.29 is 5.11 Å². The van der Waals surface area contributed by atoms with Crippen LogP contribution in [-0.4, -0.2) is 21.2 Å². The summed E-state index contributed by atoms with van der Waals surface area (Å²) in [5.41, 5.74) is 7.53. The molecule has 27 heavy (non-hydrogen) atoms. The van der Waals surface area contributed by atoms with Crippen LogP contribution in [0.5, 0.6) is 0 Å². The molecule has 0 spiro atoms. The summed E-state index contributed by atoms with van der Waals surface area (Å²) in [4.78, 5) is 4.70. The van der Waals surface area contributed by atoms with Gasteiger partial charge in [-0.3, -0.25) is 4.98 Å². The summed E-state index contributed by atoms with van der Waals surface area (Å²) in [7, 11) is 0. The first kappa shape index (κ1) is 17.0. The Kier molecular flexibility index (Phi) is 3.72. The zero-order valence-corrected chi connectivity index (χ0v) is 16.3. The highest BCUT2D eigenvalue weighted by atomic mass is 16.3. The highest BCUT2D eigenvalue weighted by Gasteiger charge is 2.44. The van der Waals surface area contributed by atoms with Crippen LogP contribution in [0.1, 0.15) is 53.2 Å². The van der Waals surface area contributed by atoms with E-state index < -0.39 is 5.60 Å². The molecular formula is C23H27N3O. The number of hydrogen-bond acceptors (Lipinski definition) is 3. The number of aryl methyl sites for hydroxylation is 3. The van der Waals surface area contributed by atoms with Crippen LogP contribution in [0.2, 0.25) is 0 Å². The minimum Gasteiger partial charge on any atom is -0.383 e. The summed E-state index contributed by atoms with van der Waals surface area (Å²) in [6.45, 7) is 8.25. The predicted molar refractivity (Wildman–Crippen MR) is 108 cm³/mol. The van der Waals surface area contributed by atoms with Crippen molar-refractivity contribution in [1.82, 2.24) is 14.9 Å². The molecule has 1 aliphatic heterocycles. The SMILES string of the molecule is Cc1ccc2c(c1)c1c(n2C(C)C2(O)CCc3nc(C)ccc32)CCNC1. The van der Waals surface area contributed by atoms with Crippen molar-refractivity contribution in [1.29, 1.82) is 0 Å². The van der Waals surface area contributed by atoms with Crippen LogP contribution in [0.4, 0.5) is 0 Å². The van der Waals surface area contributed by atoms with Gasteiger partial charge in [-0.25, -0.2) is 0 Å². The van der Waals surface area contributed by atoms with E-state index in [1.807, 2.05) is 13.0 Å². The van der Waals surface area contributed by atoms with E-state index in [1.165, 1.54) is 27.7 Å². The fraction of sp³-hybridized carbons (Fsp3) is 0.435. The Labute approximate surface area is 160 Å². The fourth-order valence-electron chi connectivity index (χ4n) is 5.17. The zero-order chi connectivity index (χ0) is 18.8. The Morgan fingerprint density at radius 3 is 2.89 bits per heavy atom. The molecule has 3 heterocycles. The Balaban J connectivity index is 1.71. The van der Waals surface area contributed by atoms with Crippen molar-refractivity contribution in [2.24, 2.45) is 0 Å². The maximum absolute atomic E-state index is 11.8. The second kappa shape index (κ2) is 5.91. The standard InChI is InChI=1S/C23H27N3O/c1-14-4-7-21-17(12-14)18-13-24-11-9-22(18)26(21)16(3)23(27)10-8-20-19(23)6-5-15(2)25-20/h4-7,12,16,24,27H,8-11,13H2,1-3H3. The molecule has 0 amide bonds. The molecule has 140 valence electrons. The van der Waals surface area contributed by atoms with Crippen molar-refractivity contribution in [3.8, 4) is 0 Å². The van der Waals surface area contributed by atoms with E-state index in [0.717, 1.165) is 49.3 Å². The first-order valence-electron chi connectivity index (χ1n) is 10.0. The van der Waals surface area contributed by atoms with E-state index in [9.17, 15) is 5.11 Å². The summed E-state index contributed by atoms with van der Waals surface area (Å²) in [6.07, 6.45) is 2.58. The van der Waals surface area contributed by atoms with Gasteiger partial charge in [-0.05, 0) is 57.4 Å². The summed E-state index contributed by atoms with van der Waals surface area (Å²) in [5.74, 6) is 0. The van der Waals surface area contributed by atoms with Gasteiger partial charge < -0.3 is 15.0 Å². The first-order valence-corrected chi connectivity index (χ1v) is 10.0. The number of rotatable bonds is 2. The Morgan fingerprint density at radius 2 is 2.04 bits per heavy atom. The molecule has 0 saturated heterocycles. The Hall–Kier alpha value is -2.17. The summed E-state index contributed by atoms with van der Waals surface area (Å²) >= 11 is 0. The normalized spacial score (nSPS) is 22.7. The maximum atomic E-state index is 11.8. The summed E-state index contributed by atoms with van der Waals surface area (Å²) in [5, 5.41) is 16.7. The number of pyridine rings is 1. The molecule has 2 N–H and O–H groups in total. The van der Waals surface area contributed by atoms with Gasteiger partial charge in [-0.1, -0.05) is 17.7 Å². The molecule has 0 saturated carbocycles. The number of benzene rings is 1. The summed E-state index contributed by atoms with van der Waals surface area (Å²) in [6, 6.07) is 10.8. The van der Waals surface area contributed by atoms with Crippen molar-refractivity contribution >= 4 is 10.9 Å². The second-order valence-electron chi connectivity index (χ2n) is 8.29. The highest BCUT2D eigenvalue weighted by molar-refractivity contribution is 5.86. The van der Waals surface area contributed by atoms with E-state index >= 15 is 0 Å². The van der Waals surface area contributed by atoms with Gasteiger partial charge in [0.05, 0.1) is 6.04 Å². The molecule has 0 bridgehead atoms. The van der Waals surface area contributed by atoms with Crippen molar-refractivity contribution in [2.75, 3.05) is 6.54 Å². The van der Waals surface area contributed by atoms with Crippen LogP contribution < -0.4 is 5.32 Å². The van der Waals surface area contributed by atoms with Gasteiger partial charge in [-0.15, -0.1) is 0 Å². The lowest BCUT2D eigenvalue weighted by atomic mass is 9.88. The molecule has 1 aromatic carbocycles. The number of nitrogens with one attached hydrogen (secondary N) is 1. The Bertz CT molecular complexity index is 1050. The molecule has 1 aliphatic carbocycles. The highest BCUT2D eigenvalue weighted by Crippen LogP contribution is 2.46. The molecule has 5 rings (SSSR count). The van der Waals surface area contributed by atoms with Crippen molar-refractivity contribution in [3.05, 3.63) is 64.1 Å². The topological polar surface area (TPSA) is 50.1 Å². The molecule has 2 unspecified atom stereocenters. The van der Waals surface area contributed by atoms with Crippen molar-refractivity contribution in [2.45, 2.75) is 58.2 Å². The van der Waals surface area contributed by atoms with E-state index in [0.29, 0.717) is 0 Å². The molecule has 0 radical (unpaired) electrons. The van der Waals surface area contributed by atoms with Gasteiger partial charge in [0.15, 0.2) is 0 Å². The molecular weight excluding hydrogens is 334 g/mol. The van der Waals surface area contributed by atoms with Gasteiger partial charge in [0.2, 0.25) is 0 Å². The van der Waals surface area contributed by atoms with Crippen molar-refractivity contribution in [3.63, 3.8) is 0 Å². The van der Waals surface area contributed by atoms with Gasteiger partial charge in [-0.2, -0.15) is 0 Å². The lowest BCUT2D eigenvalue weighted by molar-refractivity contribution is -0.00884. The van der Waals surface area contributed by atoms with E-state index in [4.69, 9.17) is 4.98 Å². The first-order chi connectivity index (χ1) is 13.0. The molecule has 4 nitrogen and oxygen atoms in total. The lowest BCUT2D eigenvalue weighted by Gasteiger charge is -2.34. The minimum absolute atomic E-state index is 0.0321. The van der Waals surface area contributed by atoms with Gasteiger partial charge in [0.25, 0.3) is 0 Å². The summed E-state index contributed by atoms with van der Waals surface area (Å²) < 4.78 is 2.42. The third-order valence-electron chi connectivity index (χ3n) is 6.62. The fourth-order valence-corrected chi connectivity index (χ4v) is 5.17. The maximum Gasteiger partial charge on any atom is 0.112 e. The van der Waals surface area contributed by atoms with Gasteiger partial charge in [0.1, 0.15) is 5.60 Å². The third-order valence-corrected chi connectivity index (χ3v) is 6.62. The van der Waals surface area contributed by atoms with E-state index in [2.05, 4.69) is 48.0 Å². The van der Waals surface area contributed by atoms with Crippen LogP contribution in [0.15, 0.2) is 30.3 Å². The number of aromatic nitrogens is 2. The smallest absolute Gasteiger partial charge is 0.112 e. The van der Waals surface area contributed by atoms with Crippen LogP contribution >= 0.6 is 0 Å². The van der Waals surface area contributed by atoms with Crippen LogP contribution in [-0.2, 0) is 25.0 Å². The van der Waals surface area contributed by atoms with Gasteiger partial charge >= 0.3 is 0 Å². The molecule has 4 heteroatoms. The quantitative estimate of drug-likeness (QED) is 0.732. The van der Waals surface area contributed by atoms with Crippen LogP contribution in [0, 0.1) is 13.8 Å². The number of fused-ring (bicyclic) bond motifs is 4. The number of aliphatic hydroxyl groups is 1. The molecule has 0 fully saturated rings. The molecule has 2 aliphatic rings. The average Bonchev–Trinajstić information content (AvgIpc) is 3.17. The largest absolute Gasteiger partial charge is 0.383 e. The monoisotopic (exact) mass is 361 g/mol. The second-order valence-corrected chi connectivity index (χ2v) is 8.29. The Morgan fingerprint density at radius 1 is 1.19 bits per heavy atom. The zero-order valence-electron chi connectivity index (χ0n) is 16.3. The van der Waals surface area contributed by atoms with Crippen LogP contribution in [0.25, 0.3) is 10.9 Å². The van der Waals surface area contributed by atoms with E-state index in [-0.39, 0.29) is 6.04 Å². The minimum atomic E-state index is -0.870. The van der Waals surface area contributed by atoms with Gasteiger partial charge in [0, 0.05) is 53.1 Å². The molecule has 2 atom stereocenters. The third kappa shape index (κ3) is 2.40. The average molecular weight is 361 g/mol. The molecule has 2 aromatic heterocycles. The number of nitrogens with zero attached hydrogens (tertiary/aromatic N) is 2. The lowest BCUT2D eigenvalue weighted by Crippen LogP contribution is -2.35. The molecule has 3 aromatic rings. The number of hydrogen-bond donors (Lipinski definition) is 2. The van der Waals surface area contributed by atoms with E-state index in [1.54, 1.807) is 0 Å². The van der Waals surface area contributed by atoms with Crippen LogP contribution in [0.3, 0.4) is 0 Å².